The van der Waals surface area contributed by atoms with Crippen molar-refractivity contribution in [3.05, 3.63) is 33.4 Å². The lowest BCUT2D eigenvalue weighted by molar-refractivity contribution is 1.54. The fraction of sp³-hybridized carbons (Fsp3) is 0. The first kappa shape index (κ1) is 8.10. The molecule has 2 heteroatoms. The highest BCUT2D eigenvalue weighted by atomic mass is 127. The molecule has 0 bridgehead atoms. The summed E-state index contributed by atoms with van der Waals surface area (Å²) < 4.78 is 1.17. The van der Waals surface area contributed by atoms with E-state index in [9.17, 15) is 0 Å². The van der Waals surface area contributed by atoms with Crippen LogP contribution in [0.15, 0.2) is 24.3 Å². The molecule has 0 atom stereocenters. The summed E-state index contributed by atoms with van der Waals surface area (Å²) in [5.41, 5.74) is 0.881. The van der Waals surface area contributed by atoms with Crippen LogP contribution in [0.2, 0.25) is 0 Å². The zero-order valence-corrected chi connectivity index (χ0v) is 7.79. The summed E-state index contributed by atoms with van der Waals surface area (Å²) in [5.74, 6) is 5.04. The second-order valence-electron chi connectivity index (χ2n) is 1.87. The van der Waals surface area contributed by atoms with Crippen LogP contribution < -0.4 is 0 Å². The molecule has 1 rings (SSSR count). The van der Waals surface area contributed by atoms with E-state index in [-0.39, 0.29) is 0 Å². The number of hydrogen-bond acceptors (Lipinski definition) is 1. The van der Waals surface area contributed by atoms with Crippen LogP contribution in [0.25, 0.3) is 0 Å². The van der Waals surface area contributed by atoms with Crippen molar-refractivity contribution in [3.8, 4) is 17.9 Å². The van der Waals surface area contributed by atoms with Crippen LogP contribution in [-0.4, -0.2) is 0 Å². The molecule has 0 heterocycles. The molecule has 0 radical (unpaired) electrons. The van der Waals surface area contributed by atoms with E-state index in [1.54, 1.807) is 6.07 Å². The molecule has 0 unspecified atom stereocenters. The molecule has 0 aliphatic heterocycles. The van der Waals surface area contributed by atoms with Gasteiger partial charge in [0.25, 0.3) is 0 Å². The van der Waals surface area contributed by atoms with Gasteiger partial charge >= 0.3 is 0 Å². The summed E-state index contributed by atoms with van der Waals surface area (Å²) in [6, 6.07) is 9.48. The molecule has 0 amide bonds. The smallest absolute Gasteiger partial charge is 0.152 e. The molecule has 0 N–H and O–H groups in total. The Balaban J connectivity index is 2.93. The lowest BCUT2D eigenvalue weighted by Crippen LogP contribution is -1.73. The molecule has 1 aromatic carbocycles. The summed E-state index contributed by atoms with van der Waals surface area (Å²) in [7, 11) is 0. The normalized spacial score (nSPS) is 7.64. The van der Waals surface area contributed by atoms with Crippen LogP contribution in [0.1, 0.15) is 5.56 Å². The third-order valence-corrected chi connectivity index (χ3v) is 1.83. The van der Waals surface area contributed by atoms with Gasteiger partial charge in [0.15, 0.2) is 6.07 Å². The van der Waals surface area contributed by atoms with Crippen LogP contribution in [-0.2, 0) is 0 Å². The van der Waals surface area contributed by atoms with Crippen molar-refractivity contribution in [1.29, 1.82) is 5.26 Å². The Hall–Kier alpha value is -1.000. The van der Waals surface area contributed by atoms with Gasteiger partial charge in [0.2, 0.25) is 0 Å². The first-order valence-electron chi connectivity index (χ1n) is 2.98. The molecule has 0 saturated heterocycles. The van der Waals surface area contributed by atoms with Crippen molar-refractivity contribution < 1.29 is 0 Å². The third-order valence-electron chi connectivity index (χ3n) is 1.11. The lowest BCUT2D eigenvalue weighted by atomic mass is 10.2. The predicted octanol–water partition coefficient (Wildman–Crippen LogP) is 2.17. The van der Waals surface area contributed by atoms with E-state index >= 15 is 0 Å². The molecular weight excluding hydrogens is 249 g/mol. The number of benzene rings is 1. The Kier molecular flexibility index (Phi) is 2.95. The number of nitrogens with zero attached hydrogens (tertiary/aromatic N) is 1. The molecule has 1 nitrogen and oxygen atoms in total. The third kappa shape index (κ3) is 2.61. The van der Waals surface area contributed by atoms with Gasteiger partial charge in [-0.25, -0.2) is 0 Å². The van der Waals surface area contributed by atoms with Crippen molar-refractivity contribution in [2.24, 2.45) is 0 Å². The zero-order chi connectivity index (χ0) is 8.10. The van der Waals surface area contributed by atoms with Crippen LogP contribution in [0, 0.1) is 26.7 Å². The predicted molar refractivity (Wildman–Crippen MR) is 51.7 cm³/mol. The second kappa shape index (κ2) is 4.00. The average molecular weight is 253 g/mol. The minimum atomic E-state index is 0.881. The quantitative estimate of drug-likeness (QED) is 0.513. The zero-order valence-electron chi connectivity index (χ0n) is 5.63. The largest absolute Gasteiger partial charge is 0.183 e. The molecule has 0 aliphatic carbocycles. The minimum absolute atomic E-state index is 0.881. The van der Waals surface area contributed by atoms with Crippen molar-refractivity contribution in [3.63, 3.8) is 0 Å². The molecule has 0 aromatic heterocycles. The average Bonchev–Trinajstić information content (AvgIpc) is 2.04. The SMILES string of the molecule is N#CC#Cc1ccc(I)cc1. The van der Waals surface area contributed by atoms with E-state index in [1.165, 1.54) is 3.57 Å². The summed E-state index contributed by atoms with van der Waals surface area (Å²) in [4.78, 5) is 0. The van der Waals surface area contributed by atoms with E-state index in [1.807, 2.05) is 24.3 Å². The summed E-state index contributed by atoms with van der Waals surface area (Å²) in [6.45, 7) is 0. The van der Waals surface area contributed by atoms with Crippen LogP contribution in [0.3, 0.4) is 0 Å². The molecular formula is C9H4IN. The number of nitriles is 1. The monoisotopic (exact) mass is 253 g/mol. The molecule has 52 valence electrons. The van der Waals surface area contributed by atoms with Crippen LogP contribution >= 0.6 is 22.6 Å². The Labute approximate surface area is 79.2 Å². The Morgan fingerprint density at radius 3 is 2.36 bits per heavy atom. The van der Waals surface area contributed by atoms with Crippen LogP contribution in [0.5, 0.6) is 0 Å². The summed E-state index contributed by atoms with van der Waals surface area (Å²) >= 11 is 2.22. The fourth-order valence-corrected chi connectivity index (χ4v) is 0.993. The van der Waals surface area contributed by atoms with Gasteiger partial charge in [0.1, 0.15) is 0 Å². The van der Waals surface area contributed by atoms with E-state index in [0.717, 1.165) is 5.56 Å². The van der Waals surface area contributed by atoms with Gasteiger partial charge in [0, 0.05) is 15.1 Å². The highest BCUT2D eigenvalue weighted by Crippen LogP contribution is 2.04. The maximum absolute atomic E-state index is 8.16. The Morgan fingerprint density at radius 1 is 1.18 bits per heavy atom. The van der Waals surface area contributed by atoms with Crippen molar-refractivity contribution >= 4 is 22.6 Å². The first-order valence-corrected chi connectivity index (χ1v) is 4.06. The summed E-state index contributed by atoms with van der Waals surface area (Å²) in [5, 5.41) is 8.16. The van der Waals surface area contributed by atoms with Gasteiger partial charge in [-0.3, -0.25) is 0 Å². The highest BCUT2D eigenvalue weighted by molar-refractivity contribution is 14.1. The van der Waals surface area contributed by atoms with E-state index in [4.69, 9.17) is 5.26 Å². The van der Waals surface area contributed by atoms with E-state index in [2.05, 4.69) is 34.4 Å². The highest BCUT2D eigenvalue weighted by Gasteiger charge is 1.85. The maximum atomic E-state index is 8.16. The molecule has 1 aromatic rings. The second-order valence-corrected chi connectivity index (χ2v) is 3.11. The Morgan fingerprint density at radius 2 is 1.82 bits per heavy atom. The first-order chi connectivity index (χ1) is 5.33. The minimum Gasteiger partial charge on any atom is -0.183 e. The molecule has 0 saturated carbocycles. The van der Waals surface area contributed by atoms with Gasteiger partial charge in [-0.2, -0.15) is 5.26 Å². The fourth-order valence-electron chi connectivity index (χ4n) is 0.633. The molecule has 0 spiro atoms. The van der Waals surface area contributed by atoms with Gasteiger partial charge in [-0.15, -0.1) is 0 Å². The van der Waals surface area contributed by atoms with Gasteiger partial charge in [-0.05, 0) is 46.9 Å². The number of hydrogen-bond donors (Lipinski definition) is 0. The number of halogens is 1. The molecule has 0 fully saturated rings. The lowest BCUT2D eigenvalue weighted by Gasteiger charge is -1.88. The van der Waals surface area contributed by atoms with Crippen molar-refractivity contribution in [2.45, 2.75) is 0 Å². The standard InChI is InChI=1S/C9H4IN/c10-9-5-3-8(4-6-9)2-1-7-11/h3-6H. The topological polar surface area (TPSA) is 23.8 Å². The summed E-state index contributed by atoms with van der Waals surface area (Å²) in [6.07, 6.45) is 0. The van der Waals surface area contributed by atoms with E-state index < -0.39 is 0 Å². The van der Waals surface area contributed by atoms with Crippen molar-refractivity contribution in [2.75, 3.05) is 0 Å². The Bertz CT molecular complexity index is 335. The molecule has 0 aliphatic rings. The maximum Gasteiger partial charge on any atom is 0.152 e. The van der Waals surface area contributed by atoms with Gasteiger partial charge in [0.05, 0.1) is 0 Å². The van der Waals surface area contributed by atoms with Crippen molar-refractivity contribution in [1.82, 2.24) is 0 Å². The molecule has 11 heavy (non-hydrogen) atoms. The number of rotatable bonds is 0. The van der Waals surface area contributed by atoms with Crippen LogP contribution in [0.4, 0.5) is 0 Å². The van der Waals surface area contributed by atoms with E-state index in [0.29, 0.717) is 0 Å². The van der Waals surface area contributed by atoms with Gasteiger partial charge < -0.3 is 0 Å². The van der Waals surface area contributed by atoms with Gasteiger partial charge in [-0.1, -0.05) is 5.92 Å².